The molecule has 0 saturated carbocycles. The van der Waals surface area contributed by atoms with E-state index in [1.54, 1.807) is 0 Å². The topological polar surface area (TPSA) is 170 Å². The van der Waals surface area contributed by atoms with E-state index in [1.807, 2.05) is 0 Å². The first kappa shape index (κ1) is 16.0. The van der Waals surface area contributed by atoms with Crippen molar-refractivity contribution in [1.29, 1.82) is 0 Å². The third-order valence-corrected chi connectivity index (χ3v) is 3.74. The van der Waals surface area contributed by atoms with Gasteiger partial charge in [0.05, 0.1) is 11.1 Å². The summed E-state index contributed by atoms with van der Waals surface area (Å²) >= 11 is 0. The predicted molar refractivity (Wildman–Crippen MR) is 74.6 cm³/mol. The van der Waals surface area contributed by atoms with Gasteiger partial charge in [-0.25, -0.2) is 10.4 Å². The fraction of sp³-hybridized carbons (Fsp3) is 0. The first-order valence-corrected chi connectivity index (χ1v) is 6.53. The second kappa shape index (κ2) is 5.35. The lowest BCUT2D eigenvalue weighted by molar-refractivity contribution is -0.991. The fourth-order valence-corrected chi connectivity index (χ4v) is 2.72. The highest BCUT2D eigenvalue weighted by Crippen LogP contribution is 2.40. The van der Waals surface area contributed by atoms with Crippen LogP contribution in [-0.2, 0) is 0 Å². The summed E-state index contributed by atoms with van der Waals surface area (Å²) in [4.78, 5) is 25.3. The summed E-state index contributed by atoms with van der Waals surface area (Å²) in [6, 6.07) is 3.76. The third-order valence-electron chi connectivity index (χ3n) is 3.74. The minimum atomic E-state index is -1.52. The van der Waals surface area contributed by atoms with Gasteiger partial charge >= 0.3 is 0 Å². The molecule has 1 aliphatic rings. The van der Waals surface area contributed by atoms with Crippen molar-refractivity contribution in [2.75, 3.05) is 0 Å². The van der Waals surface area contributed by atoms with Crippen LogP contribution < -0.4 is 10.5 Å². The molecule has 124 valence electrons. The Bertz CT molecular complexity index is 821. The Hall–Kier alpha value is -2.86. The molecule has 0 bridgehead atoms. The summed E-state index contributed by atoms with van der Waals surface area (Å²) < 4.78 is 0. The third kappa shape index (κ3) is 2.07. The number of nitrogens with one attached hydrogen (secondary N) is 2. The van der Waals surface area contributed by atoms with Crippen LogP contribution in [0.3, 0.4) is 0 Å². The Kier molecular flexibility index (Phi) is 3.57. The summed E-state index contributed by atoms with van der Waals surface area (Å²) in [5.41, 5.74) is -3.46. The number of rotatable bonds is 2. The Balaban J connectivity index is 2.43. The van der Waals surface area contributed by atoms with Gasteiger partial charge in [-0.15, -0.1) is 0 Å². The zero-order valence-electron chi connectivity index (χ0n) is 11.7. The molecule has 0 radical (unpaired) electrons. The van der Waals surface area contributed by atoms with Gasteiger partial charge in [0.15, 0.2) is 11.4 Å². The van der Waals surface area contributed by atoms with Gasteiger partial charge in [0.1, 0.15) is 22.6 Å². The van der Waals surface area contributed by atoms with Crippen LogP contribution in [0.5, 0.6) is 11.5 Å². The second-order valence-electron chi connectivity index (χ2n) is 5.03. The highest BCUT2D eigenvalue weighted by Gasteiger charge is 2.41. The molecule has 0 aliphatic heterocycles. The van der Waals surface area contributed by atoms with E-state index >= 15 is 0 Å². The summed E-state index contributed by atoms with van der Waals surface area (Å²) in [7, 11) is 0. The summed E-state index contributed by atoms with van der Waals surface area (Å²) in [6.07, 6.45) is 0. The van der Waals surface area contributed by atoms with E-state index in [2.05, 4.69) is 0 Å². The SMILES string of the molecule is O=C1c2c(O)ccc([NH+]([O-])O)c2C(=O)c2c([NH+]([O-])O)ccc(O)c21. The molecule has 0 saturated heterocycles. The number of aromatic hydroxyl groups is 2. The molecular formula is C14H10N2O8. The molecule has 6 N–H and O–H groups in total. The fourth-order valence-electron chi connectivity index (χ4n) is 2.72. The second-order valence-corrected chi connectivity index (χ2v) is 5.03. The zero-order valence-corrected chi connectivity index (χ0v) is 11.7. The molecule has 2 aromatic rings. The molecule has 0 fully saturated rings. The van der Waals surface area contributed by atoms with E-state index in [1.165, 1.54) is 0 Å². The van der Waals surface area contributed by atoms with Crippen molar-refractivity contribution in [3.05, 3.63) is 56.9 Å². The van der Waals surface area contributed by atoms with Crippen molar-refractivity contribution < 1.29 is 40.7 Å². The number of phenolic OH excluding ortho intramolecular Hbond substituents is 2. The van der Waals surface area contributed by atoms with E-state index < -0.39 is 67.1 Å². The van der Waals surface area contributed by atoms with Gasteiger partial charge in [-0.2, -0.15) is 10.5 Å². The van der Waals surface area contributed by atoms with Crippen LogP contribution in [0.25, 0.3) is 0 Å². The highest BCUT2D eigenvalue weighted by molar-refractivity contribution is 6.32. The van der Waals surface area contributed by atoms with Crippen molar-refractivity contribution in [2.24, 2.45) is 0 Å². The Morgan fingerprint density at radius 3 is 1.33 bits per heavy atom. The molecular weight excluding hydrogens is 324 g/mol. The molecule has 3 rings (SSSR count). The number of ketones is 2. The first-order chi connectivity index (χ1) is 11.3. The van der Waals surface area contributed by atoms with E-state index in [-0.39, 0.29) is 0 Å². The van der Waals surface area contributed by atoms with Gasteiger partial charge in [0.2, 0.25) is 11.6 Å². The van der Waals surface area contributed by atoms with E-state index in [4.69, 9.17) is 0 Å². The lowest BCUT2D eigenvalue weighted by Gasteiger charge is -2.25. The normalized spacial score (nSPS) is 15.7. The first-order valence-electron chi connectivity index (χ1n) is 6.53. The Morgan fingerprint density at radius 1 is 0.667 bits per heavy atom. The van der Waals surface area contributed by atoms with Crippen molar-refractivity contribution in [1.82, 2.24) is 0 Å². The minimum Gasteiger partial charge on any atom is -0.595 e. The number of benzene rings is 2. The largest absolute Gasteiger partial charge is 0.595 e. The molecule has 10 heteroatoms. The minimum absolute atomic E-state index is 0.550. The molecule has 2 atom stereocenters. The maximum atomic E-state index is 12.7. The van der Waals surface area contributed by atoms with Gasteiger partial charge in [0.25, 0.3) is 0 Å². The molecule has 2 aromatic carbocycles. The van der Waals surface area contributed by atoms with Crippen molar-refractivity contribution in [3.63, 3.8) is 0 Å². The van der Waals surface area contributed by atoms with Crippen molar-refractivity contribution in [2.45, 2.75) is 0 Å². The van der Waals surface area contributed by atoms with Crippen LogP contribution in [0.15, 0.2) is 24.3 Å². The smallest absolute Gasteiger partial charge is 0.207 e. The van der Waals surface area contributed by atoms with Gasteiger partial charge in [-0.1, -0.05) is 0 Å². The number of carbonyl (C=O) groups excluding carboxylic acids is 2. The van der Waals surface area contributed by atoms with Crippen molar-refractivity contribution >= 4 is 22.9 Å². The van der Waals surface area contributed by atoms with Crippen molar-refractivity contribution in [3.8, 4) is 11.5 Å². The van der Waals surface area contributed by atoms with Gasteiger partial charge in [0, 0.05) is 12.1 Å². The standard InChI is InChI=1S/C14H10N2O8/c17-7-3-1-5(15(21)22)9-11(7)14(20)12-8(18)4-2-6(16(23)24)10(12)13(9)19/h1-4,15-18,21,23H. The summed E-state index contributed by atoms with van der Waals surface area (Å²) in [6.45, 7) is 0. The molecule has 0 aromatic heterocycles. The van der Waals surface area contributed by atoms with E-state index in [0.29, 0.717) is 0 Å². The maximum Gasteiger partial charge on any atom is 0.207 e. The van der Waals surface area contributed by atoms with Gasteiger partial charge in [-0.05, 0) is 12.1 Å². The number of hydrogen-bond donors (Lipinski definition) is 6. The Labute approximate surface area is 133 Å². The molecule has 2 unspecified atom stereocenters. The zero-order chi connectivity index (χ0) is 17.8. The highest BCUT2D eigenvalue weighted by atomic mass is 16.8. The predicted octanol–water partition coefficient (Wildman–Crippen LogP) is -1.32. The molecule has 1 aliphatic carbocycles. The van der Waals surface area contributed by atoms with Crippen LogP contribution in [0.2, 0.25) is 0 Å². The molecule has 24 heavy (non-hydrogen) atoms. The lowest BCUT2D eigenvalue weighted by Crippen LogP contribution is -2.99. The average Bonchev–Trinajstić information content (AvgIpc) is 2.51. The van der Waals surface area contributed by atoms with Crippen LogP contribution in [0.1, 0.15) is 31.8 Å². The number of fused-ring (bicyclic) bond motifs is 2. The monoisotopic (exact) mass is 334 g/mol. The van der Waals surface area contributed by atoms with E-state index in [9.17, 15) is 40.6 Å². The summed E-state index contributed by atoms with van der Waals surface area (Å²) in [5, 5.41) is 57.8. The number of quaternary nitrogens is 2. The molecule has 0 spiro atoms. The maximum absolute atomic E-state index is 12.7. The quantitative estimate of drug-likeness (QED) is 0.247. The van der Waals surface area contributed by atoms with Crippen LogP contribution in [0, 0.1) is 10.4 Å². The summed E-state index contributed by atoms with van der Waals surface area (Å²) in [5.74, 6) is -3.37. The van der Waals surface area contributed by atoms with Gasteiger partial charge in [-0.3, -0.25) is 9.59 Å². The van der Waals surface area contributed by atoms with E-state index in [0.717, 1.165) is 24.3 Å². The van der Waals surface area contributed by atoms with Crippen LogP contribution in [-0.4, -0.2) is 32.2 Å². The van der Waals surface area contributed by atoms with Crippen LogP contribution >= 0.6 is 0 Å². The average molecular weight is 334 g/mol. The Morgan fingerprint density at radius 2 is 1.00 bits per heavy atom. The van der Waals surface area contributed by atoms with Crippen LogP contribution in [0.4, 0.5) is 11.4 Å². The number of carbonyl (C=O) groups is 2. The number of phenols is 2. The molecule has 0 heterocycles. The molecule has 0 amide bonds. The van der Waals surface area contributed by atoms with Gasteiger partial charge < -0.3 is 20.6 Å². The lowest BCUT2D eigenvalue weighted by atomic mass is 9.81. The molecule has 10 nitrogen and oxygen atoms in total. The number of hydrogen-bond acceptors (Lipinski definition) is 8.